The number of aromatic nitrogens is 1. The second-order valence-electron chi connectivity index (χ2n) is 5.19. The van der Waals surface area contributed by atoms with Gasteiger partial charge in [0.2, 0.25) is 0 Å². The molecule has 1 atom stereocenters. The van der Waals surface area contributed by atoms with Gasteiger partial charge in [-0.2, -0.15) is 4.31 Å². The summed E-state index contributed by atoms with van der Waals surface area (Å²) < 4.78 is 26.0. The number of aromatic carboxylic acids is 1. The lowest BCUT2D eigenvalue weighted by molar-refractivity contribution is 0.0696. The van der Waals surface area contributed by atoms with Gasteiger partial charge in [-0.15, -0.1) is 0 Å². The number of carboxylic acid groups (broad SMARTS) is 1. The molecule has 0 aliphatic carbocycles. The zero-order chi connectivity index (χ0) is 15.5. The van der Waals surface area contributed by atoms with E-state index < -0.39 is 16.0 Å². The van der Waals surface area contributed by atoms with E-state index in [0.29, 0.717) is 5.92 Å². The van der Waals surface area contributed by atoms with Gasteiger partial charge < -0.3 is 5.11 Å². The van der Waals surface area contributed by atoms with Crippen LogP contribution in [0.2, 0.25) is 0 Å². The minimum atomic E-state index is -3.70. The Labute approximate surface area is 119 Å². The van der Waals surface area contributed by atoms with Gasteiger partial charge in [0, 0.05) is 19.3 Å². The summed E-state index contributed by atoms with van der Waals surface area (Å²) in [6, 6.07) is 2.31. The van der Waals surface area contributed by atoms with E-state index in [1.165, 1.54) is 23.5 Å². The van der Waals surface area contributed by atoms with E-state index in [1.54, 1.807) is 0 Å². The van der Waals surface area contributed by atoms with Crippen LogP contribution in [0.15, 0.2) is 23.4 Å². The molecule has 0 saturated carbocycles. The van der Waals surface area contributed by atoms with Crippen LogP contribution >= 0.6 is 0 Å². The fourth-order valence-electron chi connectivity index (χ4n) is 1.87. The Morgan fingerprint density at radius 1 is 1.35 bits per heavy atom. The third-order valence-corrected chi connectivity index (χ3v) is 4.95. The highest BCUT2D eigenvalue weighted by molar-refractivity contribution is 7.89. The summed E-state index contributed by atoms with van der Waals surface area (Å²) in [6.07, 6.45) is 1.79. The second-order valence-corrected chi connectivity index (χ2v) is 7.13. The minimum Gasteiger partial charge on any atom is -0.478 e. The van der Waals surface area contributed by atoms with Crippen molar-refractivity contribution >= 4 is 16.0 Å². The van der Waals surface area contributed by atoms with Gasteiger partial charge in [0.25, 0.3) is 10.0 Å². The van der Waals surface area contributed by atoms with Crippen LogP contribution in [0.3, 0.4) is 0 Å². The number of pyridine rings is 1. The van der Waals surface area contributed by atoms with Gasteiger partial charge in [-0.05, 0) is 31.4 Å². The normalized spacial score (nSPS) is 13.7. The first-order valence-electron chi connectivity index (χ1n) is 6.33. The number of hydrogen-bond acceptors (Lipinski definition) is 4. The second kappa shape index (κ2) is 6.32. The molecular weight excluding hydrogens is 280 g/mol. The fraction of sp³-hybridized carbons (Fsp3) is 0.538. The number of carboxylic acids is 1. The molecule has 6 nitrogen and oxygen atoms in total. The first-order chi connectivity index (χ1) is 9.16. The molecule has 0 saturated heterocycles. The van der Waals surface area contributed by atoms with Crippen LogP contribution < -0.4 is 0 Å². The SMILES string of the molecule is CC(C)CC(C)N(C)S(=O)(=O)c1ccc(C(=O)O)cn1. The molecular formula is C13H20N2O4S. The van der Waals surface area contributed by atoms with Crippen molar-refractivity contribution < 1.29 is 18.3 Å². The molecule has 7 heteroatoms. The zero-order valence-electron chi connectivity index (χ0n) is 12.1. The maximum atomic E-state index is 12.4. The van der Waals surface area contributed by atoms with Gasteiger partial charge in [0.1, 0.15) is 0 Å². The lowest BCUT2D eigenvalue weighted by atomic mass is 10.1. The molecule has 112 valence electrons. The molecule has 0 spiro atoms. The number of sulfonamides is 1. The molecule has 0 aliphatic heterocycles. The highest BCUT2D eigenvalue weighted by atomic mass is 32.2. The van der Waals surface area contributed by atoms with Gasteiger partial charge in [0.15, 0.2) is 5.03 Å². The Bertz CT molecular complexity index is 567. The van der Waals surface area contributed by atoms with E-state index in [2.05, 4.69) is 4.98 Å². The number of hydrogen-bond donors (Lipinski definition) is 1. The molecule has 1 N–H and O–H groups in total. The van der Waals surface area contributed by atoms with Crippen molar-refractivity contribution in [3.63, 3.8) is 0 Å². The molecule has 1 heterocycles. The van der Waals surface area contributed by atoms with Gasteiger partial charge in [-0.3, -0.25) is 0 Å². The van der Waals surface area contributed by atoms with Crippen molar-refractivity contribution in [1.29, 1.82) is 0 Å². The molecule has 1 rings (SSSR count). The van der Waals surface area contributed by atoms with Crippen molar-refractivity contribution in [2.45, 2.75) is 38.3 Å². The molecule has 1 aromatic heterocycles. The van der Waals surface area contributed by atoms with Crippen LogP contribution in [-0.4, -0.2) is 41.9 Å². The van der Waals surface area contributed by atoms with Crippen LogP contribution in [0.25, 0.3) is 0 Å². The predicted molar refractivity (Wildman–Crippen MR) is 75.1 cm³/mol. The van der Waals surface area contributed by atoms with E-state index in [1.807, 2.05) is 20.8 Å². The third-order valence-electron chi connectivity index (χ3n) is 3.06. The van der Waals surface area contributed by atoms with Gasteiger partial charge in [-0.1, -0.05) is 13.8 Å². The number of carbonyl (C=O) groups is 1. The Morgan fingerprint density at radius 2 is 1.95 bits per heavy atom. The van der Waals surface area contributed by atoms with Crippen molar-refractivity contribution in [3.05, 3.63) is 23.9 Å². The van der Waals surface area contributed by atoms with Crippen molar-refractivity contribution in [3.8, 4) is 0 Å². The zero-order valence-corrected chi connectivity index (χ0v) is 12.9. The maximum absolute atomic E-state index is 12.4. The molecule has 0 aliphatic rings. The minimum absolute atomic E-state index is 0.0400. The van der Waals surface area contributed by atoms with Crippen LogP contribution in [0.1, 0.15) is 37.6 Å². The summed E-state index contributed by atoms with van der Waals surface area (Å²) in [5.74, 6) is -0.757. The molecule has 1 unspecified atom stereocenters. The smallest absolute Gasteiger partial charge is 0.337 e. The maximum Gasteiger partial charge on any atom is 0.337 e. The van der Waals surface area contributed by atoms with E-state index >= 15 is 0 Å². The molecule has 0 fully saturated rings. The highest BCUT2D eigenvalue weighted by Crippen LogP contribution is 2.18. The molecule has 20 heavy (non-hydrogen) atoms. The molecule has 0 amide bonds. The quantitative estimate of drug-likeness (QED) is 0.866. The lowest BCUT2D eigenvalue weighted by Crippen LogP contribution is -2.36. The summed E-state index contributed by atoms with van der Waals surface area (Å²) in [6.45, 7) is 5.89. The fourth-order valence-corrected chi connectivity index (χ4v) is 3.16. The van der Waals surface area contributed by atoms with Crippen molar-refractivity contribution in [2.75, 3.05) is 7.05 Å². The van der Waals surface area contributed by atoms with E-state index in [0.717, 1.165) is 12.6 Å². The van der Waals surface area contributed by atoms with Crippen molar-refractivity contribution in [1.82, 2.24) is 9.29 Å². The predicted octanol–water partition coefficient (Wildman–Crippen LogP) is 1.83. The lowest BCUT2D eigenvalue weighted by Gasteiger charge is -2.25. The Balaban J connectivity index is 3.01. The number of rotatable bonds is 6. The molecule has 0 bridgehead atoms. The first-order valence-corrected chi connectivity index (χ1v) is 7.77. The molecule has 0 radical (unpaired) electrons. The largest absolute Gasteiger partial charge is 0.478 e. The van der Waals surface area contributed by atoms with Gasteiger partial charge in [-0.25, -0.2) is 18.2 Å². The molecule has 1 aromatic rings. The Hall–Kier alpha value is -1.47. The van der Waals surface area contributed by atoms with Crippen LogP contribution in [-0.2, 0) is 10.0 Å². The summed E-state index contributed by atoms with van der Waals surface area (Å²) in [5, 5.41) is 8.64. The van der Waals surface area contributed by atoms with E-state index in [4.69, 9.17) is 5.11 Å². The summed E-state index contributed by atoms with van der Waals surface area (Å²) >= 11 is 0. The van der Waals surface area contributed by atoms with Gasteiger partial charge >= 0.3 is 5.97 Å². The van der Waals surface area contributed by atoms with Crippen LogP contribution in [0.4, 0.5) is 0 Å². The standard InChI is InChI=1S/C13H20N2O4S/c1-9(2)7-10(3)15(4)20(18,19)12-6-5-11(8-14-12)13(16)17/h5-6,8-10H,7H2,1-4H3,(H,16,17). The van der Waals surface area contributed by atoms with E-state index in [-0.39, 0.29) is 16.6 Å². The summed E-state index contributed by atoms with van der Waals surface area (Å²) in [7, 11) is -2.19. The first kappa shape index (κ1) is 16.6. The van der Waals surface area contributed by atoms with Crippen LogP contribution in [0, 0.1) is 5.92 Å². The highest BCUT2D eigenvalue weighted by Gasteiger charge is 2.27. The average Bonchev–Trinajstić information content (AvgIpc) is 2.37. The number of nitrogens with zero attached hydrogens (tertiary/aromatic N) is 2. The van der Waals surface area contributed by atoms with Crippen LogP contribution in [0.5, 0.6) is 0 Å². The average molecular weight is 300 g/mol. The van der Waals surface area contributed by atoms with Gasteiger partial charge in [0.05, 0.1) is 5.56 Å². The third kappa shape index (κ3) is 3.77. The Morgan fingerprint density at radius 3 is 2.35 bits per heavy atom. The van der Waals surface area contributed by atoms with E-state index in [9.17, 15) is 13.2 Å². The molecule has 0 aromatic carbocycles. The summed E-state index contributed by atoms with van der Waals surface area (Å²) in [4.78, 5) is 14.5. The Kier molecular flexibility index (Phi) is 5.24. The topological polar surface area (TPSA) is 87.6 Å². The van der Waals surface area contributed by atoms with Crippen molar-refractivity contribution in [2.24, 2.45) is 5.92 Å². The summed E-state index contributed by atoms with van der Waals surface area (Å²) in [5.41, 5.74) is -0.0400. The monoisotopic (exact) mass is 300 g/mol.